The van der Waals surface area contributed by atoms with Gasteiger partial charge >= 0.3 is 6.01 Å². The molecule has 0 unspecified atom stereocenters. The summed E-state index contributed by atoms with van der Waals surface area (Å²) >= 11 is 0. The van der Waals surface area contributed by atoms with E-state index in [1.807, 2.05) is 4.72 Å². The Labute approximate surface area is 107 Å². The van der Waals surface area contributed by atoms with Crippen LogP contribution in [0, 0.1) is 24.1 Å². The second-order valence-electron chi connectivity index (χ2n) is 3.48. The number of sulfonamides is 1. The Morgan fingerprint density at radius 3 is 2.79 bits per heavy atom. The molecular weight excluding hydrogens is 275 g/mol. The molecule has 0 aliphatic rings. The smallest absolute Gasteiger partial charge is 0.314 e. The van der Waals surface area contributed by atoms with E-state index < -0.39 is 26.3 Å². The number of benzene rings is 1. The molecule has 0 atom stereocenters. The maximum absolute atomic E-state index is 13.4. The van der Waals surface area contributed by atoms with Gasteiger partial charge in [0, 0.05) is 0 Å². The SMILES string of the molecule is Cc1noc(NS(=O)(=O)c2cccc(F)c2C#N)n1. The summed E-state index contributed by atoms with van der Waals surface area (Å²) in [5.74, 6) is -0.690. The average Bonchev–Trinajstić information content (AvgIpc) is 2.73. The van der Waals surface area contributed by atoms with Gasteiger partial charge in [0.25, 0.3) is 10.0 Å². The molecule has 1 heterocycles. The first-order valence-electron chi connectivity index (χ1n) is 4.96. The molecule has 2 rings (SSSR count). The monoisotopic (exact) mass is 282 g/mol. The van der Waals surface area contributed by atoms with Gasteiger partial charge in [0.2, 0.25) is 0 Å². The molecule has 1 aromatic heterocycles. The average molecular weight is 282 g/mol. The Morgan fingerprint density at radius 1 is 1.47 bits per heavy atom. The lowest BCUT2D eigenvalue weighted by molar-refractivity contribution is 0.429. The summed E-state index contributed by atoms with van der Waals surface area (Å²) < 4.78 is 43.9. The van der Waals surface area contributed by atoms with Crippen molar-refractivity contribution in [2.24, 2.45) is 0 Å². The van der Waals surface area contributed by atoms with E-state index in [0.29, 0.717) is 0 Å². The van der Waals surface area contributed by atoms with Crippen LogP contribution >= 0.6 is 0 Å². The lowest BCUT2D eigenvalue weighted by Crippen LogP contribution is -2.15. The van der Waals surface area contributed by atoms with Gasteiger partial charge in [-0.1, -0.05) is 11.2 Å². The zero-order valence-electron chi connectivity index (χ0n) is 9.58. The molecule has 0 aliphatic carbocycles. The Bertz CT molecular complexity index is 763. The van der Waals surface area contributed by atoms with Crippen LogP contribution in [0.3, 0.4) is 0 Å². The third-order valence-electron chi connectivity index (χ3n) is 2.13. The van der Waals surface area contributed by atoms with Gasteiger partial charge in [-0.3, -0.25) is 0 Å². The van der Waals surface area contributed by atoms with E-state index in [-0.39, 0.29) is 11.8 Å². The standard InChI is InChI=1S/C10H7FN4O3S/c1-6-13-10(18-14-6)15-19(16,17)9-4-2-3-8(11)7(9)5-12/h2-4H,1H3,(H,13,14,15). The van der Waals surface area contributed by atoms with Crippen molar-refractivity contribution in [2.75, 3.05) is 4.72 Å². The van der Waals surface area contributed by atoms with Crippen LogP contribution in [0.2, 0.25) is 0 Å². The Balaban J connectivity index is 2.46. The number of nitrogens with one attached hydrogen (secondary N) is 1. The van der Waals surface area contributed by atoms with Gasteiger partial charge in [-0.25, -0.2) is 17.5 Å². The van der Waals surface area contributed by atoms with Crippen molar-refractivity contribution >= 4 is 16.0 Å². The number of hydrogen-bond acceptors (Lipinski definition) is 6. The highest BCUT2D eigenvalue weighted by molar-refractivity contribution is 7.92. The molecule has 0 amide bonds. The molecule has 0 radical (unpaired) electrons. The number of rotatable bonds is 3. The highest BCUT2D eigenvalue weighted by atomic mass is 32.2. The highest BCUT2D eigenvalue weighted by Gasteiger charge is 2.23. The first-order chi connectivity index (χ1) is 8.94. The maximum Gasteiger partial charge on any atom is 0.335 e. The van der Waals surface area contributed by atoms with Gasteiger partial charge in [-0.05, 0) is 19.1 Å². The molecule has 0 spiro atoms. The van der Waals surface area contributed by atoms with Crippen LogP contribution in [0.25, 0.3) is 0 Å². The minimum Gasteiger partial charge on any atom is -0.314 e. The molecule has 2 aromatic rings. The minimum absolute atomic E-state index is 0.234. The third kappa shape index (κ3) is 2.53. The fourth-order valence-corrected chi connectivity index (χ4v) is 2.44. The van der Waals surface area contributed by atoms with E-state index in [4.69, 9.17) is 5.26 Å². The third-order valence-corrected chi connectivity index (χ3v) is 3.49. The Morgan fingerprint density at radius 2 is 2.21 bits per heavy atom. The minimum atomic E-state index is -4.17. The van der Waals surface area contributed by atoms with E-state index >= 15 is 0 Å². The van der Waals surface area contributed by atoms with Gasteiger partial charge in [0.15, 0.2) is 5.82 Å². The number of hydrogen-bond donors (Lipinski definition) is 1. The van der Waals surface area contributed by atoms with Crippen LogP contribution in [0.15, 0.2) is 27.6 Å². The van der Waals surface area contributed by atoms with Crippen LogP contribution in [-0.2, 0) is 10.0 Å². The second kappa shape index (κ2) is 4.66. The summed E-state index contributed by atoms with van der Waals surface area (Å²) in [4.78, 5) is 3.16. The Kier molecular flexibility index (Phi) is 3.18. The van der Waals surface area contributed by atoms with Crippen LogP contribution in [0.5, 0.6) is 0 Å². The van der Waals surface area contributed by atoms with Crippen molar-refractivity contribution in [1.82, 2.24) is 10.1 Å². The number of anilines is 1. The van der Waals surface area contributed by atoms with Gasteiger partial charge in [0.05, 0.1) is 0 Å². The molecule has 19 heavy (non-hydrogen) atoms. The van der Waals surface area contributed by atoms with E-state index in [1.165, 1.54) is 19.1 Å². The molecule has 7 nitrogen and oxygen atoms in total. The van der Waals surface area contributed by atoms with E-state index in [9.17, 15) is 12.8 Å². The lowest BCUT2D eigenvalue weighted by Gasteiger charge is -2.05. The predicted octanol–water partition coefficient (Wildman–Crippen LogP) is 1.19. The normalized spacial score (nSPS) is 11.0. The van der Waals surface area contributed by atoms with Crippen molar-refractivity contribution in [1.29, 1.82) is 5.26 Å². The van der Waals surface area contributed by atoms with Crippen LogP contribution in [0.1, 0.15) is 11.4 Å². The molecule has 9 heteroatoms. The molecule has 0 saturated heterocycles. The highest BCUT2D eigenvalue weighted by Crippen LogP contribution is 2.20. The van der Waals surface area contributed by atoms with Crippen LogP contribution in [-0.4, -0.2) is 18.6 Å². The fraction of sp³-hybridized carbons (Fsp3) is 0.100. The lowest BCUT2D eigenvalue weighted by atomic mass is 10.2. The summed E-state index contributed by atoms with van der Waals surface area (Å²) in [5.41, 5.74) is -0.578. The number of aromatic nitrogens is 2. The molecule has 1 aromatic carbocycles. The van der Waals surface area contributed by atoms with Gasteiger partial charge in [-0.15, -0.1) is 0 Å². The number of nitriles is 1. The summed E-state index contributed by atoms with van der Waals surface area (Å²) in [6.45, 7) is 1.50. The number of aryl methyl sites for hydroxylation is 1. The van der Waals surface area contributed by atoms with Crippen molar-refractivity contribution in [2.45, 2.75) is 11.8 Å². The van der Waals surface area contributed by atoms with E-state index in [1.54, 1.807) is 0 Å². The summed E-state index contributed by atoms with van der Waals surface area (Å²) in [5, 5.41) is 12.2. The molecule has 98 valence electrons. The first kappa shape index (κ1) is 13.0. The van der Waals surface area contributed by atoms with Crippen molar-refractivity contribution in [3.05, 3.63) is 35.4 Å². The van der Waals surface area contributed by atoms with E-state index in [2.05, 4.69) is 14.7 Å². The fourth-order valence-electron chi connectivity index (χ4n) is 1.35. The molecule has 0 saturated carbocycles. The molecule has 0 aliphatic heterocycles. The number of halogens is 1. The summed E-state index contributed by atoms with van der Waals surface area (Å²) in [6.07, 6.45) is 0. The van der Waals surface area contributed by atoms with E-state index in [0.717, 1.165) is 12.1 Å². The van der Waals surface area contributed by atoms with Crippen molar-refractivity contribution in [3.8, 4) is 6.07 Å². The number of nitrogens with zero attached hydrogens (tertiary/aromatic N) is 3. The van der Waals surface area contributed by atoms with Gasteiger partial charge < -0.3 is 4.52 Å². The van der Waals surface area contributed by atoms with Crippen molar-refractivity contribution < 1.29 is 17.3 Å². The van der Waals surface area contributed by atoms with Gasteiger partial charge in [0.1, 0.15) is 22.3 Å². The summed E-state index contributed by atoms with van der Waals surface area (Å²) in [6, 6.07) is 4.43. The first-order valence-corrected chi connectivity index (χ1v) is 6.44. The molecule has 0 bridgehead atoms. The maximum atomic E-state index is 13.4. The summed E-state index contributed by atoms with van der Waals surface area (Å²) in [7, 11) is -4.17. The molecule has 0 fully saturated rings. The van der Waals surface area contributed by atoms with Crippen LogP contribution in [0.4, 0.5) is 10.4 Å². The topological polar surface area (TPSA) is 109 Å². The van der Waals surface area contributed by atoms with Crippen LogP contribution < -0.4 is 4.72 Å². The van der Waals surface area contributed by atoms with Gasteiger partial charge in [-0.2, -0.15) is 10.2 Å². The predicted molar refractivity (Wildman–Crippen MR) is 61.0 cm³/mol. The Hall–Kier alpha value is -2.47. The largest absolute Gasteiger partial charge is 0.335 e. The molecule has 1 N–H and O–H groups in total. The zero-order chi connectivity index (χ0) is 14.0. The van der Waals surface area contributed by atoms with Crippen molar-refractivity contribution in [3.63, 3.8) is 0 Å². The zero-order valence-corrected chi connectivity index (χ0v) is 10.4. The quantitative estimate of drug-likeness (QED) is 0.905. The second-order valence-corrected chi connectivity index (χ2v) is 5.13. The molecular formula is C10H7FN4O3S.